The molecule has 0 spiro atoms. The van der Waals surface area contributed by atoms with E-state index in [1.54, 1.807) is 0 Å². The number of hydrogen-bond donors (Lipinski definition) is 2. The minimum absolute atomic E-state index is 0.0857. The van der Waals surface area contributed by atoms with Crippen LogP contribution in [0.5, 0.6) is 0 Å². The van der Waals surface area contributed by atoms with Gasteiger partial charge in [-0.05, 0) is 51.3 Å². The fraction of sp³-hybridized carbons (Fsp3) is 0.412. The second-order valence-corrected chi connectivity index (χ2v) is 5.77. The van der Waals surface area contributed by atoms with Crippen molar-refractivity contribution in [3.63, 3.8) is 0 Å². The van der Waals surface area contributed by atoms with Gasteiger partial charge in [-0.25, -0.2) is 4.68 Å². The summed E-state index contributed by atoms with van der Waals surface area (Å²) in [5.74, 6) is -0.0857. The molecule has 1 amide bonds. The van der Waals surface area contributed by atoms with Crippen molar-refractivity contribution in [1.29, 1.82) is 0 Å². The lowest BCUT2D eigenvalue weighted by atomic mass is 10.2. The average Bonchev–Trinajstić information content (AvgIpc) is 3.10. The zero-order chi connectivity index (χ0) is 15.5. The third-order valence-corrected chi connectivity index (χ3v) is 4.09. The van der Waals surface area contributed by atoms with Gasteiger partial charge in [0.1, 0.15) is 0 Å². The second-order valence-electron chi connectivity index (χ2n) is 5.77. The van der Waals surface area contributed by atoms with E-state index in [0.29, 0.717) is 18.8 Å². The van der Waals surface area contributed by atoms with Crippen molar-refractivity contribution in [2.24, 2.45) is 5.73 Å². The number of aromatic nitrogens is 2. The Hall–Kier alpha value is -2.14. The molecule has 0 unspecified atom stereocenters. The number of nitrogens with one attached hydrogen (secondary N) is 1. The highest BCUT2D eigenvalue weighted by atomic mass is 16.1. The molecule has 0 fully saturated rings. The lowest BCUT2D eigenvalue weighted by molar-refractivity contribution is 0.0947. The number of nitrogens with zero attached hydrogens (tertiary/aromatic N) is 2. The molecule has 1 aliphatic carbocycles. The normalized spacial score (nSPS) is 13.2. The lowest BCUT2D eigenvalue weighted by Crippen LogP contribution is -2.27. The number of rotatable bonds is 5. The summed E-state index contributed by atoms with van der Waals surface area (Å²) in [4.78, 5) is 12.4. The first-order valence-corrected chi connectivity index (χ1v) is 7.87. The molecule has 0 atom stereocenters. The predicted molar refractivity (Wildman–Crippen MR) is 86.3 cm³/mol. The zero-order valence-electron chi connectivity index (χ0n) is 12.9. The summed E-state index contributed by atoms with van der Waals surface area (Å²) < 4.78 is 1.93. The smallest absolute Gasteiger partial charge is 0.272 e. The number of carbonyl (C=O) groups is 1. The molecule has 0 aliphatic heterocycles. The summed E-state index contributed by atoms with van der Waals surface area (Å²) in [6, 6.07) is 8.24. The molecule has 3 rings (SSSR count). The highest BCUT2D eigenvalue weighted by Crippen LogP contribution is 2.27. The zero-order valence-corrected chi connectivity index (χ0v) is 12.9. The van der Waals surface area contributed by atoms with Crippen LogP contribution < -0.4 is 11.1 Å². The van der Waals surface area contributed by atoms with Crippen LogP contribution in [0.3, 0.4) is 0 Å². The Morgan fingerprint density at radius 1 is 1.32 bits per heavy atom. The third kappa shape index (κ3) is 2.76. The molecule has 0 saturated carbocycles. The molecule has 0 radical (unpaired) electrons. The molecule has 5 nitrogen and oxygen atoms in total. The topological polar surface area (TPSA) is 72.9 Å². The highest BCUT2D eigenvalue weighted by molar-refractivity contribution is 5.94. The molecule has 1 heterocycles. The third-order valence-electron chi connectivity index (χ3n) is 4.09. The Morgan fingerprint density at radius 2 is 2.09 bits per heavy atom. The van der Waals surface area contributed by atoms with Crippen LogP contribution in [0.4, 0.5) is 0 Å². The maximum Gasteiger partial charge on any atom is 0.272 e. The van der Waals surface area contributed by atoms with Crippen molar-refractivity contribution >= 4 is 5.91 Å². The molecule has 116 valence electrons. The van der Waals surface area contributed by atoms with Gasteiger partial charge in [-0.2, -0.15) is 5.10 Å². The number of hydrogen-bond acceptors (Lipinski definition) is 3. The van der Waals surface area contributed by atoms with Crippen LogP contribution in [-0.4, -0.2) is 28.8 Å². The maximum absolute atomic E-state index is 12.4. The van der Waals surface area contributed by atoms with Gasteiger partial charge < -0.3 is 11.1 Å². The summed E-state index contributed by atoms with van der Waals surface area (Å²) in [5, 5.41) is 7.49. The lowest BCUT2D eigenvalue weighted by Gasteiger charge is -2.06. The molecular formula is C17H22N4O. The minimum Gasteiger partial charge on any atom is -0.351 e. The van der Waals surface area contributed by atoms with Gasteiger partial charge in [0.25, 0.3) is 5.91 Å². The first-order chi connectivity index (χ1) is 10.7. The molecule has 3 N–H and O–H groups in total. The Labute approximate surface area is 130 Å². The fourth-order valence-electron chi connectivity index (χ4n) is 2.91. The number of carbonyl (C=O) groups excluding carboxylic acids is 1. The van der Waals surface area contributed by atoms with Crippen LogP contribution in [0.2, 0.25) is 0 Å². The second kappa shape index (κ2) is 6.32. The largest absolute Gasteiger partial charge is 0.351 e. The molecule has 1 aromatic heterocycles. The summed E-state index contributed by atoms with van der Waals surface area (Å²) in [5.41, 5.74) is 10.5. The van der Waals surface area contributed by atoms with E-state index >= 15 is 0 Å². The van der Waals surface area contributed by atoms with E-state index in [4.69, 9.17) is 5.73 Å². The van der Waals surface area contributed by atoms with E-state index in [1.165, 1.54) is 11.3 Å². The summed E-state index contributed by atoms with van der Waals surface area (Å²) in [7, 11) is 0. The van der Waals surface area contributed by atoms with Crippen LogP contribution in [0.1, 0.15) is 40.2 Å². The van der Waals surface area contributed by atoms with Crippen molar-refractivity contribution in [3.8, 4) is 5.69 Å². The van der Waals surface area contributed by atoms with Gasteiger partial charge in [-0.1, -0.05) is 17.7 Å². The predicted octanol–water partition coefficient (Wildman–Crippen LogP) is 1.75. The molecule has 22 heavy (non-hydrogen) atoms. The van der Waals surface area contributed by atoms with Crippen molar-refractivity contribution in [2.45, 2.75) is 32.6 Å². The monoisotopic (exact) mass is 298 g/mol. The van der Waals surface area contributed by atoms with E-state index in [-0.39, 0.29) is 5.91 Å². The van der Waals surface area contributed by atoms with Crippen LogP contribution in [0.15, 0.2) is 24.3 Å². The van der Waals surface area contributed by atoms with E-state index < -0.39 is 0 Å². The Morgan fingerprint density at radius 3 is 2.82 bits per heavy atom. The SMILES string of the molecule is Cc1ccc(-n2nc(C(=O)NCCCN)c3c2CCC3)cc1. The fourth-order valence-corrected chi connectivity index (χ4v) is 2.91. The number of amides is 1. The number of fused-ring (bicyclic) bond motifs is 1. The molecule has 5 heteroatoms. The highest BCUT2D eigenvalue weighted by Gasteiger charge is 2.26. The van der Waals surface area contributed by atoms with Gasteiger partial charge in [-0.3, -0.25) is 4.79 Å². The molecule has 2 aromatic rings. The van der Waals surface area contributed by atoms with Crippen LogP contribution in [0, 0.1) is 6.92 Å². The standard InChI is InChI=1S/C17H22N4O/c1-12-6-8-13(9-7-12)21-15-5-2-4-14(15)16(20-21)17(22)19-11-3-10-18/h6-9H,2-5,10-11,18H2,1H3,(H,19,22). The van der Waals surface area contributed by atoms with Crippen molar-refractivity contribution in [3.05, 3.63) is 46.8 Å². The first-order valence-electron chi connectivity index (χ1n) is 7.87. The van der Waals surface area contributed by atoms with Crippen molar-refractivity contribution < 1.29 is 4.79 Å². The van der Waals surface area contributed by atoms with Gasteiger partial charge in [0.05, 0.1) is 5.69 Å². The van der Waals surface area contributed by atoms with Gasteiger partial charge >= 0.3 is 0 Å². The Balaban J connectivity index is 1.91. The first kappa shape index (κ1) is 14.8. The molecular weight excluding hydrogens is 276 g/mol. The van der Waals surface area contributed by atoms with Crippen LogP contribution >= 0.6 is 0 Å². The van der Waals surface area contributed by atoms with Crippen molar-refractivity contribution in [2.75, 3.05) is 13.1 Å². The summed E-state index contributed by atoms with van der Waals surface area (Å²) in [6.45, 7) is 3.24. The van der Waals surface area contributed by atoms with Crippen LogP contribution in [0.25, 0.3) is 5.69 Å². The summed E-state index contributed by atoms with van der Waals surface area (Å²) in [6.07, 6.45) is 3.78. The van der Waals surface area contributed by atoms with Crippen LogP contribution in [-0.2, 0) is 12.8 Å². The number of benzene rings is 1. The molecule has 0 bridgehead atoms. The Kier molecular flexibility index (Phi) is 4.24. The number of aryl methyl sites for hydroxylation is 1. The van der Waals surface area contributed by atoms with E-state index in [2.05, 4.69) is 41.6 Å². The van der Waals surface area contributed by atoms with Gasteiger partial charge in [0.15, 0.2) is 5.69 Å². The Bertz CT molecular complexity index is 673. The van der Waals surface area contributed by atoms with Gasteiger partial charge in [0.2, 0.25) is 0 Å². The molecule has 1 aliphatic rings. The maximum atomic E-state index is 12.4. The minimum atomic E-state index is -0.0857. The van der Waals surface area contributed by atoms with E-state index in [0.717, 1.165) is 36.9 Å². The quantitative estimate of drug-likeness (QED) is 0.826. The van der Waals surface area contributed by atoms with Crippen molar-refractivity contribution in [1.82, 2.24) is 15.1 Å². The molecule has 0 saturated heterocycles. The molecule has 1 aromatic carbocycles. The van der Waals surface area contributed by atoms with E-state index in [1.807, 2.05) is 4.68 Å². The number of nitrogens with two attached hydrogens (primary N) is 1. The summed E-state index contributed by atoms with van der Waals surface area (Å²) >= 11 is 0. The van der Waals surface area contributed by atoms with Gasteiger partial charge in [0, 0.05) is 17.8 Å². The van der Waals surface area contributed by atoms with E-state index in [9.17, 15) is 4.79 Å². The average molecular weight is 298 g/mol. The van der Waals surface area contributed by atoms with Gasteiger partial charge in [-0.15, -0.1) is 0 Å².